The molecule has 2 aliphatic heterocycles. The third-order valence-corrected chi connectivity index (χ3v) is 8.28. The summed E-state index contributed by atoms with van der Waals surface area (Å²) in [4.78, 5) is 37.8. The number of aliphatic carboxylic acids is 2. The molecule has 0 amide bonds. The molecule has 3 aromatic rings. The molecule has 3 N–H and O–H groups in total. The van der Waals surface area contributed by atoms with Gasteiger partial charge in [-0.05, 0) is 86.1 Å². The molecule has 0 saturated carbocycles. The molecule has 0 unspecified atom stereocenters. The third kappa shape index (κ3) is 5.70. The van der Waals surface area contributed by atoms with Crippen molar-refractivity contribution in [3.8, 4) is 0 Å². The minimum absolute atomic E-state index is 0. The van der Waals surface area contributed by atoms with Gasteiger partial charge in [0.1, 0.15) is 0 Å². The standard InChI is InChI=1S/C34H34N4O5.Zn/c1-7-21-17(3)25-13-29-22(8-2)18(4)27(37-29)15-31-20(6)24(10-12-34(41)42)32(38(31)43)16-30-23(9-11-33(39)40)19(5)26(36-30)14-28(21)35-25;/h7-8,13-16,43H,1-2,9-12H2,3-6H3,(H3,35,36,37,39,40,41,42);/q;+2/p-1. The minimum atomic E-state index is -0.958. The zero-order valence-corrected chi connectivity index (χ0v) is 28.3. The van der Waals surface area contributed by atoms with Crippen LogP contribution >= 0.6 is 0 Å². The van der Waals surface area contributed by atoms with E-state index in [1.807, 2.05) is 39.8 Å². The van der Waals surface area contributed by atoms with Crippen molar-refractivity contribution in [1.82, 2.24) is 19.7 Å². The van der Waals surface area contributed by atoms with Crippen LogP contribution in [0.4, 0.5) is 0 Å². The average Bonchev–Trinajstić information content (AvgIpc) is 3.59. The van der Waals surface area contributed by atoms with Crippen molar-refractivity contribution < 1.29 is 44.5 Å². The van der Waals surface area contributed by atoms with E-state index in [1.54, 1.807) is 24.3 Å². The summed E-state index contributed by atoms with van der Waals surface area (Å²) in [6, 6.07) is 7.26. The van der Waals surface area contributed by atoms with Gasteiger partial charge in [0, 0.05) is 18.4 Å². The van der Waals surface area contributed by atoms with Gasteiger partial charge in [-0.1, -0.05) is 43.0 Å². The summed E-state index contributed by atoms with van der Waals surface area (Å²) in [6.45, 7) is 15.6. The number of carboxylic acids is 2. The van der Waals surface area contributed by atoms with E-state index in [4.69, 9.17) is 15.0 Å². The number of aryl methyl sites for hydroxylation is 3. The Balaban J connectivity index is 0.00000442. The minimum Gasteiger partial charge on any atom is -0.657 e. The summed E-state index contributed by atoms with van der Waals surface area (Å²) in [5.74, 6) is -1.89. The molecule has 8 bridgehead atoms. The van der Waals surface area contributed by atoms with Crippen molar-refractivity contribution in [2.75, 3.05) is 0 Å². The molecular formula is C34H33N4O5Zn+. The van der Waals surface area contributed by atoms with Gasteiger partial charge in [0.15, 0.2) is 0 Å². The number of fused-ring (bicyclic) bond motifs is 8. The first-order valence-electron chi connectivity index (χ1n) is 14.0. The van der Waals surface area contributed by atoms with Crippen molar-refractivity contribution in [1.29, 1.82) is 0 Å². The zero-order valence-electron chi connectivity index (χ0n) is 25.4. The van der Waals surface area contributed by atoms with E-state index in [1.165, 1.54) is 0 Å². The van der Waals surface area contributed by atoms with Gasteiger partial charge in [0.2, 0.25) is 0 Å². The monoisotopic (exact) mass is 641 g/mol. The Morgan fingerprint density at radius 3 is 2.02 bits per heavy atom. The first-order chi connectivity index (χ1) is 20.4. The number of allylic oxidation sites excluding steroid dienone is 5. The second-order valence-corrected chi connectivity index (χ2v) is 10.8. The number of aromatic nitrogens is 4. The van der Waals surface area contributed by atoms with Gasteiger partial charge < -0.3 is 20.4 Å². The van der Waals surface area contributed by atoms with Crippen LogP contribution in [0.15, 0.2) is 43.5 Å². The van der Waals surface area contributed by atoms with E-state index in [0.29, 0.717) is 50.5 Å². The molecule has 220 valence electrons. The summed E-state index contributed by atoms with van der Waals surface area (Å²) in [6.07, 6.45) is 3.68. The SMILES string of the molecule is C=CC1=C(C)c2cc3c(C)c(CCC(=O)O)c(cc4nc(cc5[n-]c(cc1n2)c(C)c5C=C)C(C)=C4CCC(=O)O)n3O.[Zn+2]. The Labute approximate surface area is 267 Å². The molecule has 10 heteroatoms. The first kappa shape index (κ1) is 32.4. The van der Waals surface area contributed by atoms with Crippen LogP contribution in [0.3, 0.4) is 0 Å². The predicted molar refractivity (Wildman–Crippen MR) is 168 cm³/mol. The van der Waals surface area contributed by atoms with E-state index < -0.39 is 11.9 Å². The molecule has 5 heterocycles. The van der Waals surface area contributed by atoms with Gasteiger partial charge in [-0.25, -0.2) is 9.97 Å². The molecule has 0 saturated heterocycles. The Hall–Kier alpha value is -4.56. The maximum absolute atomic E-state index is 11.5. The quantitative estimate of drug-likeness (QED) is 0.179. The number of nitrogens with zero attached hydrogens (tertiary/aromatic N) is 4. The van der Waals surface area contributed by atoms with Crippen LogP contribution in [0.5, 0.6) is 0 Å². The second kappa shape index (κ2) is 12.6. The summed E-state index contributed by atoms with van der Waals surface area (Å²) in [7, 11) is 0. The molecular weight excluding hydrogens is 610 g/mol. The van der Waals surface area contributed by atoms with Gasteiger partial charge in [0.25, 0.3) is 0 Å². The van der Waals surface area contributed by atoms with Gasteiger partial charge in [-0.15, -0.1) is 11.0 Å². The maximum Gasteiger partial charge on any atom is 2.00 e. The Morgan fingerprint density at radius 2 is 1.39 bits per heavy atom. The Morgan fingerprint density at radius 1 is 0.795 bits per heavy atom. The molecule has 0 aliphatic carbocycles. The molecule has 5 rings (SSSR count). The zero-order chi connectivity index (χ0) is 31.2. The van der Waals surface area contributed by atoms with Crippen LogP contribution in [0.2, 0.25) is 0 Å². The van der Waals surface area contributed by atoms with Crippen molar-refractivity contribution in [3.05, 3.63) is 88.5 Å². The Bertz CT molecular complexity index is 1980. The molecule has 0 fully saturated rings. The number of hydrogen-bond donors (Lipinski definition) is 3. The van der Waals surface area contributed by atoms with E-state index in [9.17, 15) is 25.0 Å². The summed E-state index contributed by atoms with van der Waals surface area (Å²) < 4.78 is 1.04. The predicted octanol–water partition coefficient (Wildman–Crippen LogP) is 6.84. The molecule has 2 aliphatic rings. The molecule has 0 atom stereocenters. The fraction of sp³-hybridized carbons (Fsp3) is 0.235. The second-order valence-electron chi connectivity index (χ2n) is 10.8. The van der Waals surface area contributed by atoms with Crippen molar-refractivity contribution in [3.63, 3.8) is 0 Å². The van der Waals surface area contributed by atoms with E-state index in [0.717, 1.165) is 43.7 Å². The fourth-order valence-corrected chi connectivity index (χ4v) is 5.81. The fourth-order valence-electron chi connectivity index (χ4n) is 5.81. The van der Waals surface area contributed by atoms with E-state index in [-0.39, 0.29) is 45.2 Å². The van der Waals surface area contributed by atoms with Crippen LogP contribution < -0.4 is 4.98 Å². The average molecular weight is 643 g/mol. The summed E-state index contributed by atoms with van der Waals surface area (Å²) in [5.41, 5.74) is 11.1. The summed E-state index contributed by atoms with van der Waals surface area (Å²) in [5, 5.41) is 30.4. The number of hydrogen-bond acceptors (Lipinski definition) is 5. The number of carbonyl (C=O) groups is 2. The topological polar surface area (TPSA) is 140 Å². The molecule has 0 spiro atoms. The summed E-state index contributed by atoms with van der Waals surface area (Å²) >= 11 is 0. The molecule has 44 heavy (non-hydrogen) atoms. The van der Waals surface area contributed by atoms with Crippen LogP contribution in [-0.2, 0) is 35.5 Å². The van der Waals surface area contributed by atoms with Crippen LogP contribution in [0.25, 0.3) is 50.4 Å². The number of rotatable bonds is 8. The van der Waals surface area contributed by atoms with Gasteiger partial charge in [-0.2, -0.15) is 4.73 Å². The van der Waals surface area contributed by atoms with E-state index in [2.05, 4.69) is 13.2 Å². The number of carboxylic acid groups (broad SMARTS) is 2. The van der Waals surface area contributed by atoms with Crippen molar-refractivity contribution in [2.24, 2.45) is 0 Å². The first-order valence-corrected chi connectivity index (χ1v) is 14.0. The third-order valence-electron chi connectivity index (χ3n) is 8.28. The van der Waals surface area contributed by atoms with Crippen LogP contribution in [0.1, 0.15) is 78.1 Å². The molecule has 9 nitrogen and oxygen atoms in total. The van der Waals surface area contributed by atoms with Crippen molar-refractivity contribution >= 4 is 62.4 Å². The molecule has 3 aromatic heterocycles. The van der Waals surface area contributed by atoms with Crippen LogP contribution in [0, 0.1) is 13.8 Å². The molecule has 0 radical (unpaired) electrons. The maximum atomic E-state index is 11.5. The normalized spacial score (nSPS) is 12.7. The Kier molecular flexibility index (Phi) is 9.26. The van der Waals surface area contributed by atoms with E-state index >= 15 is 0 Å². The van der Waals surface area contributed by atoms with Gasteiger partial charge in [-0.3, -0.25) is 9.59 Å². The van der Waals surface area contributed by atoms with Crippen LogP contribution in [-0.4, -0.2) is 42.1 Å². The van der Waals surface area contributed by atoms with Gasteiger partial charge >= 0.3 is 31.4 Å². The van der Waals surface area contributed by atoms with Crippen molar-refractivity contribution in [2.45, 2.75) is 53.4 Å². The largest absolute Gasteiger partial charge is 2.00 e. The van der Waals surface area contributed by atoms with Gasteiger partial charge in [0.05, 0.1) is 33.8 Å². The molecule has 0 aromatic carbocycles. The smallest absolute Gasteiger partial charge is 0.657 e.